The quantitative estimate of drug-likeness (QED) is 0.742. The van der Waals surface area contributed by atoms with Crippen molar-refractivity contribution in [3.63, 3.8) is 0 Å². The number of fused-ring (bicyclic) bond motifs is 1. The molecular formula is C19H21N3O4S. The summed E-state index contributed by atoms with van der Waals surface area (Å²) in [5.74, 6) is 0.545. The Morgan fingerprint density at radius 3 is 2.52 bits per heavy atom. The summed E-state index contributed by atoms with van der Waals surface area (Å²) in [5, 5.41) is 6.12. The third-order valence-electron chi connectivity index (χ3n) is 4.98. The zero-order valence-electron chi connectivity index (χ0n) is 15.0. The molecule has 1 aromatic carbocycles. The van der Waals surface area contributed by atoms with E-state index in [-0.39, 0.29) is 4.90 Å². The first kappa shape index (κ1) is 18.0. The highest BCUT2D eigenvalue weighted by Gasteiger charge is 2.22. The smallest absolute Gasteiger partial charge is 0.238 e. The van der Waals surface area contributed by atoms with E-state index in [1.165, 1.54) is 12.1 Å². The molecule has 8 heteroatoms. The second-order valence-corrected chi connectivity index (χ2v) is 8.14. The minimum atomic E-state index is -3.73. The maximum atomic E-state index is 11.5. The molecule has 0 unspecified atom stereocenters. The molecule has 3 heterocycles. The van der Waals surface area contributed by atoms with Crippen LogP contribution in [0.15, 0.2) is 47.6 Å². The molecule has 142 valence electrons. The van der Waals surface area contributed by atoms with Crippen LogP contribution in [0, 0.1) is 0 Å². The fraction of sp³-hybridized carbons (Fsp3) is 0.316. The van der Waals surface area contributed by atoms with Crippen LogP contribution in [0.4, 0.5) is 0 Å². The molecule has 0 spiro atoms. The number of pyridine rings is 1. The zero-order chi connectivity index (χ0) is 19.0. The van der Waals surface area contributed by atoms with Crippen molar-refractivity contribution in [1.82, 2.24) is 9.55 Å². The number of hydrogen-bond acceptors (Lipinski definition) is 5. The van der Waals surface area contributed by atoms with Gasteiger partial charge in [0.1, 0.15) is 0 Å². The standard InChI is InChI=1S/C19H21N3O4S/c1-25-19-18-16(13-2-4-15(5-3-13)27(20,23)24)12-22(17(18)6-9-21-19)14-7-10-26-11-8-14/h2-6,9,12,14H,7-8,10-11H2,1H3,(H2,20,23,24). The van der Waals surface area contributed by atoms with Gasteiger partial charge in [0.05, 0.1) is 22.9 Å². The van der Waals surface area contributed by atoms with Gasteiger partial charge >= 0.3 is 0 Å². The van der Waals surface area contributed by atoms with Crippen LogP contribution in [0.1, 0.15) is 18.9 Å². The second-order valence-electron chi connectivity index (χ2n) is 6.58. The van der Waals surface area contributed by atoms with Crippen molar-refractivity contribution in [2.45, 2.75) is 23.8 Å². The highest BCUT2D eigenvalue weighted by molar-refractivity contribution is 7.89. The third kappa shape index (κ3) is 3.31. The highest BCUT2D eigenvalue weighted by atomic mass is 32.2. The number of nitrogens with zero attached hydrogens (tertiary/aromatic N) is 2. The first-order valence-electron chi connectivity index (χ1n) is 8.73. The number of primary sulfonamides is 1. The maximum Gasteiger partial charge on any atom is 0.238 e. The number of ether oxygens (including phenoxy) is 2. The Hall–Kier alpha value is -2.42. The molecule has 0 amide bonds. The number of methoxy groups -OCH3 is 1. The monoisotopic (exact) mass is 387 g/mol. The Morgan fingerprint density at radius 2 is 1.89 bits per heavy atom. The van der Waals surface area contributed by atoms with Crippen LogP contribution in [0.2, 0.25) is 0 Å². The summed E-state index contributed by atoms with van der Waals surface area (Å²) >= 11 is 0. The molecule has 7 nitrogen and oxygen atoms in total. The molecule has 0 saturated carbocycles. The summed E-state index contributed by atoms with van der Waals surface area (Å²) in [4.78, 5) is 4.44. The van der Waals surface area contributed by atoms with Gasteiger partial charge in [-0.25, -0.2) is 18.5 Å². The van der Waals surface area contributed by atoms with Crippen LogP contribution >= 0.6 is 0 Å². The summed E-state index contributed by atoms with van der Waals surface area (Å²) < 4.78 is 36.3. The van der Waals surface area contributed by atoms with Gasteiger partial charge in [-0.2, -0.15) is 0 Å². The van der Waals surface area contributed by atoms with E-state index in [0.29, 0.717) is 11.9 Å². The molecule has 3 aromatic rings. The van der Waals surface area contributed by atoms with E-state index >= 15 is 0 Å². The Bertz CT molecular complexity index is 1070. The second kappa shape index (κ2) is 6.95. The first-order chi connectivity index (χ1) is 13.0. The molecule has 1 fully saturated rings. The van der Waals surface area contributed by atoms with Gasteiger partial charge in [0.2, 0.25) is 15.9 Å². The minimum Gasteiger partial charge on any atom is -0.480 e. The van der Waals surface area contributed by atoms with Crippen molar-refractivity contribution < 1.29 is 17.9 Å². The lowest BCUT2D eigenvalue weighted by Gasteiger charge is -2.24. The molecule has 0 atom stereocenters. The average Bonchev–Trinajstić information content (AvgIpc) is 3.08. The van der Waals surface area contributed by atoms with E-state index in [1.54, 1.807) is 25.4 Å². The SMILES string of the molecule is COc1nccc2c1c(-c1ccc(S(N)(=O)=O)cc1)cn2C1CCOCC1. The summed E-state index contributed by atoms with van der Waals surface area (Å²) in [6.45, 7) is 1.48. The van der Waals surface area contributed by atoms with Crippen LogP contribution in [0.25, 0.3) is 22.0 Å². The lowest BCUT2D eigenvalue weighted by atomic mass is 10.1. The molecule has 0 aliphatic carbocycles. The van der Waals surface area contributed by atoms with E-state index in [0.717, 1.165) is 48.1 Å². The van der Waals surface area contributed by atoms with Gasteiger partial charge in [0.25, 0.3) is 0 Å². The third-order valence-corrected chi connectivity index (χ3v) is 5.91. The number of sulfonamides is 1. The van der Waals surface area contributed by atoms with Gasteiger partial charge in [-0.15, -0.1) is 0 Å². The van der Waals surface area contributed by atoms with Crippen molar-refractivity contribution >= 4 is 20.9 Å². The van der Waals surface area contributed by atoms with Crippen molar-refractivity contribution in [1.29, 1.82) is 0 Å². The van der Waals surface area contributed by atoms with Crippen LogP contribution in [0.3, 0.4) is 0 Å². The maximum absolute atomic E-state index is 11.5. The fourth-order valence-electron chi connectivity index (χ4n) is 3.64. The van der Waals surface area contributed by atoms with Crippen molar-refractivity contribution in [2.24, 2.45) is 5.14 Å². The zero-order valence-corrected chi connectivity index (χ0v) is 15.8. The topological polar surface area (TPSA) is 96.4 Å². The van der Waals surface area contributed by atoms with Gasteiger partial charge in [-0.05, 0) is 36.6 Å². The fourth-order valence-corrected chi connectivity index (χ4v) is 4.15. The number of rotatable bonds is 4. The van der Waals surface area contributed by atoms with E-state index in [2.05, 4.69) is 15.7 Å². The van der Waals surface area contributed by atoms with Crippen LogP contribution in [-0.4, -0.2) is 38.3 Å². The van der Waals surface area contributed by atoms with Crippen LogP contribution in [0.5, 0.6) is 5.88 Å². The van der Waals surface area contributed by atoms with E-state index in [9.17, 15) is 8.42 Å². The summed E-state index contributed by atoms with van der Waals surface area (Å²) in [6, 6.07) is 8.88. The Labute approximate surface area is 157 Å². The lowest BCUT2D eigenvalue weighted by Crippen LogP contribution is -2.18. The van der Waals surface area contributed by atoms with Gasteiger partial charge in [-0.1, -0.05) is 12.1 Å². The predicted octanol–water partition coefficient (Wildman–Crippen LogP) is 2.71. The largest absolute Gasteiger partial charge is 0.480 e. The summed E-state index contributed by atoms with van der Waals surface area (Å²) in [5.41, 5.74) is 2.87. The minimum absolute atomic E-state index is 0.0875. The molecule has 1 aliphatic rings. The lowest BCUT2D eigenvalue weighted by molar-refractivity contribution is 0.0707. The van der Waals surface area contributed by atoms with Crippen molar-refractivity contribution in [3.05, 3.63) is 42.7 Å². The molecule has 2 N–H and O–H groups in total. The molecule has 0 radical (unpaired) electrons. The molecular weight excluding hydrogens is 366 g/mol. The normalized spacial score (nSPS) is 15.9. The summed E-state index contributed by atoms with van der Waals surface area (Å²) in [7, 11) is -2.13. The number of benzene rings is 1. The molecule has 4 rings (SSSR count). The number of hydrogen-bond donors (Lipinski definition) is 1. The van der Waals surface area contributed by atoms with E-state index in [4.69, 9.17) is 14.6 Å². The van der Waals surface area contributed by atoms with Gasteiger partial charge < -0.3 is 14.0 Å². The molecule has 0 bridgehead atoms. The van der Waals surface area contributed by atoms with Crippen molar-refractivity contribution in [2.75, 3.05) is 20.3 Å². The molecule has 1 aliphatic heterocycles. The van der Waals surface area contributed by atoms with Crippen LogP contribution < -0.4 is 9.88 Å². The number of aromatic nitrogens is 2. The van der Waals surface area contributed by atoms with Gasteiger partial charge in [0, 0.05) is 37.2 Å². The molecule has 1 saturated heterocycles. The highest BCUT2D eigenvalue weighted by Crippen LogP contribution is 2.39. The average molecular weight is 387 g/mol. The van der Waals surface area contributed by atoms with Gasteiger partial charge in [-0.3, -0.25) is 0 Å². The van der Waals surface area contributed by atoms with Gasteiger partial charge in [0.15, 0.2) is 0 Å². The van der Waals surface area contributed by atoms with E-state index in [1.807, 2.05) is 6.07 Å². The Morgan fingerprint density at radius 1 is 1.19 bits per heavy atom. The number of nitrogens with two attached hydrogens (primary N) is 1. The van der Waals surface area contributed by atoms with Crippen molar-refractivity contribution in [3.8, 4) is 17.0 Å². The first-order valence-corrected chi connectivity index (χ1v) is 10.3. The van der Waals surface area contributed by atoms with E-state index < -0.39 is 10.0 Å². The Kier molecular flexibility index (Phi) is 4.63. The van der Waals surface area contributed by atoms with Crippen LogP contribution in [-0.2, 0) is 14.8 Å². The summed E-state index contributed by atoms with van der Waals surface area (Å²) in [6.07, 6.45) is 5.72. The Balaban J connectivity index is 1.89. The predicted molar refractivity (Wildman–Crippen MR) is 102 cm³/mol. The molecule has 2 aromatic heterocycles. The molecule has 27 heavy (non-hydrogen) atoms.